The van der Waals surface area contributed by atoms with E-state index in [0.717, 1.165) is 5.56 Å². The zero-order valence-corrected chi connectivity index (χ0v) is 18.5. The fraction of sp³-hybridized carbons (Fsp3) is 0.192. The summed E-state index contributed by atoms with van der Waals surface area (Å²) in [6.07, 6.45) is 0.0947. The summed E-state index contributed by atoms with van der Waals surface area (Å²) >= 11 is 0. The van der Waals surface area contributed by atoms with E-state index >= 15 is 0 Å². The summed E-state index contributed by atoms with van der Waals surface area (Å²) in [6, 6.07) is 22.6. The summed E-state index contributed by atoms with van der Waals surface area (Å²) in [5, 5.41) is 20.8. The highest BCUT2D eigenvalue weighted by atomic mass is 16.3. The molecule has 168 valence electrons. The summed E-state index contributed by atoms with van der Waals surface area (Å²) in [7, 11) is 0. The first-order chi connectivity index (χ1) is 15.7. The van der Waals surface area contributed by atoms with Crippen LogP contribution in [0.25, 0.3) is 0 Å². The first-order valence-corrected chi connectivity index (χ1v) is 10.7. The number of carbonyl (C=O) groups is 2. The molecule has 0 saturated carbocycles. The summed E-state index contributed by atoms with van der Waals surface area (Å²) in [5.41, 5.74) is 6.65. The second-order valence-electron chi connectivity index (χ2n) is 8.19. The molecule has 0 spiro atoms. The molecule has 4 N–H and O–H groups in total. The molecule has 1 aliphatic rings. The van der Waals surface area contributed by atoms with Crippen LogP contribution in [0.1, 0.15) is 47.8 Å². The molecule has 7 nitrogen and oxygen atoms in total. The van der Waals surface area contributed by atoms with Gasteiger partial charge < -0.3 is 15.7 Å². The van der Waals surface area contributed by atoms with Crippen LogP contribution in [0.15, 0.2) is 78.9 Å². The third kappa shape index (κ3) is 3.87. The quantitative estimate of drug-likeness (QED) is 0.421. The minimum Gasteiger partial charge on any atom is -0.366 e. The molecule has 7 heteroatoms. The standard InChI is InChI=1S/C26H26N4O3/c1-17(27)30-23-11-7-6-10-22(23)29(18(2)31)24(19-12-14-20(15-13-19)25(28)32)16-26(30,33)21-8-4-3-5-9-21/h3-15,24,27,33H,16H2,1-2H3,(H2,28,32). The van der Waals surface area contributed by atoms with Gasteiger partial charge in [-0.15, -0.1) is 0 Å². The number of nitrogens with one attached hydrogen (secondary N) is 1. The van der Waals surface area contributed by atoms with Crippen molar-refractivity contribution < 1.29 is 14.7 Å². The molecular formula is C26H26N4O3. The third-order valence-corrected chi connectivity index (χ3v) is 6.03. The Morgan fingerprint density at radius 3 is 2.06 bits per heavy atom. The molecule has 1 heterocycles. The van der Waals surface area contributed by atoms with Crippen molar-refractivity contribution in [2.24, 2.45) is 5.73 Å². The topological polar surface area (TPSA) is 111 Å². The van der Waals surface area contributed by atoms with Crippen molar-refractivity contribution in [3.63, 3.8) is 0 Å². The summed E-state index contributed by atoms with van der Waals surface area (Å²) < 4.78 is 0. The van der Waals surface area contributed by atoms with Gasteiger partial charge in [0.15, 0.2) is 5.72 Å². The number of hydrogen-bond acceptors (Lipinski definition) is 4. The van der Waals surface area contributed by atoms with Crippen LogP contribution in [0.5, 0.6) is 0 Å². The Morgan fingerprint density at radius 2 is 1.52 bits per heavy atom. The van der Waals surface area contributed by atoms with Crippen LogP contribution in [0, 0.1) is 5.41 Å². The molecule has 0 radical (unpaired) electrons. The molecule has 1 aliphatic heterocycles. The highest BCUT2D eigenvalue weighted by Gasteiger charge is 2.46. The van der Waals surface area contributed by atoms with Crippen molar-refractivity contribution in [2.75, 3.05) is 9.80 Å². The number of carbonyl (C=O) groups excluding carboxylic acids is 2. The number of aliphatic hydroxyl groups is 1. The summed E-state index contributed by atoms with van der Waals surface area (Å²) in [5.74, 6) is -0.601. The van der Waals surface area contributed by atoms with Crippen molar-refractivity contribution in [3.8, 4) is 0 Å². The number of nitrogens with zero attached hydrogens (tertiary/aromatic N) is 2. The maximum Gasteiger partial charge on any atom is 0.248 e. The van der Waals surface area contributed by atoms with Gasteiger partial charge in [0.1, 0.15) is 0 Å². The van der Waals surface area contributed by atoms with Crippen LogP contribution >= 0.6 is 0 Å². The second kappa shape index (κ2) is 8.52. The lowest BCUT2D eigenvalue weighted by molar-refractivity contribution is -0.117. The van der Waals surface area contributed by atoms with E-state index in [1.165, 1.54) is 6.92 Å². The van der Waals surface area contributed by atoms with Crippen LogP contribution in [0.3, 0.4) is 0 Å². The Labute approximate surface area is 192 Å². The third-order valence-electron chi connectivity index (χ3n) is 6.03. The van der Waals surface area contributed by atoms with Gasteiger partial charge in [-0.3, -0.25) is 19.9 Å². The van der Waals surface area contributed by atoms with E-state index in [-0.39, 0.29) is 18.2 Å². The average molecular weight is 443 g/mol. The molecule has 2 amide bonds. The van der Waals surface area contributed by atoms with E-state index in [4.69, 9.17) is 11.1 Å². The maximum atomic E-state index is 13.0. The smallest absolute Gasteiger partial charge is 0.248 e. The minimum absolute atomic E-state index is 0.0947. The van der Waals surface area contributed by atoms with E-state index in [0.29, 0.717) is 22.5 Å². The van der Waals surface area contributed by atoms with E-state index in [2.05, 4.69) is 0 Å². The Hall–Kier alpha value is -3.97. The molecular weight excluding hydrogens is 416 g/mol. The zero-order chi connectivity index (χ0) is 23.8. The summed E-state index contributed by atoms with van der Waals surface area (Å²) in [6.45, 7) is 3.10. The Morgan fingerprint density at radius 1 is 0.939 bits per heavy atom. The minimum atomic E-state index is -1.61. The fourth-order valence-corrected chi connectivity index (χ4v) is 4.61. The van der Waals surface area contributed by atoms with Crippen LogP contribution in [-0.4, -0.2) is 22.8 Å². The van der Waals surface area contributed by atoms with Crippen molar-refractivity contribution in [3.05, 3.63) is 95.6 Å². The van der Waals surface area contributed by atoms with Crippen LogP contribution < -0.4 is 15.5 Å². The normalized spacial score (nSPS) is 20.0. The highest BCUT2D eigenvalue weighted by molar-refractivity contribution is 6.03. The van der Waals surface area contributed by atoms with Crippen LogP contribution in [0.2, 0.25) is 0 Å². The largest absolute Gasteiger partial charge is 0.366 e. The molecule has 0 fully saturated rings. The predicted molar refractivity (Wildman–Crippen MR) is 128 cm³/mol. The van der Waals surface area contributed by atoms with Crippen molar-refractivity contribution in [1.82, 2.24) is 0 Å². The number of hydrogen-bond donors (Lipinski definition) is 3. The van der Waals surface area contributed by atoms with Gasteiger partial charge in [-0.25, -0.2) is 0 Å². The molecule has 4 rings (SSSR count). The molecule has 2 atom stereocenters. The van der Waals surface area contributed by atoms with Gasteiger partial charge in [-0.05, 0) is 36.8 Å². The van der Waals surface area contributed by atoms with Crippen LogP contribution in [0.4, 0.5) is 11.4 Å². The summed E-state index contributed by atoms with van der Waals surface area (Å²) in [4.78, 5) is 27.8. The van der Waals surface area contributed by atoms with Gasteiger partial charge in [-0.1, -0.05) is 54.6 Å². The predicted octanol–water partition coefficient (Wildman–Crippen LogP) is 3.93. The lowest BCUT2D eigenvalue weighted by Crippen LogP contribution is -2.49. The monoisotopic (exact) mass is 442 g/mol. The zero-order valence-electron chi connectivity index (χ0n) is 18.5. The number of fused-ring (bicyclic) bond motifs is 1. The Balaban J connectivity index is 2.00. The van der Waals surface area contributed by atoms with Gasteiger partial charge in [0.05, 0.1) is 23.3 Å². The molecule has 0 saturated heterocycles. The number of para-hydroxylation sites is 2. The van der Waals surface area contributed by atoms with E-state index < -0.39 is 17.7 Å². The first kappa shape index (κ1) is 22.2. The lowest BCUT2D eigenvalue weighted by Gasteiger charge is -2.41. The molecule has 3 aromatic rings. The van der Waals surface area contributed by atoms with Crippen LogP contribution in [-0.2, 0) is 10.5 Å². The Kier molecular flexibility index (Phi) is 5.74. The number of anilines is 2. The molecule has 2 unspecified atom stereocenters. The molecule has 0 aliphatic carbocycles. The van der Waals surface area contributed by atoms with Crippen molar-refractivity contribution in [2.45, 2.75) is 32.0 Å². The Bertz CT molecular complexity index is 1210. The second-order valence-corrected chi connectivity index (χ2v) is 8.19. The van der Waals surface area contributed by atoms with E-state index in [1.54, 1.807) is 47.1 Å². The maximum absolute atomic E-state index is 13.0. The molecule has 0 bridgehead atoms. The van der Waals surface area contributed by atoms with Gasteiger partial charge in [0.25, 0.3) is 0 Å². The van der Waals surface area contributed by atoms with Gasteiger partial charge in [0, 0.05) is 24.5 Å². The van der Waals surface area contributed by atoms with E-state index in [9.17, 15) is 14.7 Å². The number of rotatable bonds is 3. The molecule has 33 heavy (non-hydrogen) atoms. The lowest BCUT2D eigenvalue weighted by atomic mass is 9.89. The van der Waals surface area contributed by atoms with Crippen molar-refractivity contribution in [1.29, 1.82) is 5.41 Å². The fourth-order valence-electron chi connectivity index (χ4n) is 4.61. The number of benzene rings is 3. The van der Waals surface area contributed by atoms with Gasteiger partial charge in [0.2, 0.25) is 11.8 Å². The highest BCUT2D eigenvalue weighted by Crippen LogP contribution is 2.49. The number of nitrogens with two attached hydrogens (primary N) is 1. The number of amides is 2. The SMILES string of the molecule is CC(=N)N1c2ccccc2N(C(C)=O)C(c2ccc(C(N)=O)cc2)CC1(O)c1ccccc1. The molecule has 0 aromatic heterocycles. The van der Waals surface area contributed by atoms with Gasteiger partial charge in [-0.2, -0.15) is 0 Å². The van der Waals surface area contributed by atoms with E-state index in [1.807, 2.05) is 48.5 Å². The first-order valence-electron chi connectivity index (χ1n) is 10.7. The molecule has 3 aromatic carbocycles. The average Bonchev–Trinajstić information content (AvgIpc) is 2.92. The van der Waals surface area contributed by atoms with Gasteiger partial charge >= 0.3 is 0 Å². The number of amidine groups is 1. The number of primary amides is 1. The van der Waals surface area contributed by atoms with Crippen molar-refractivity contribution >= 4 is 29.0 Å².